The number of hydrogen-bond donors (Lipinski definition) is 0. The van der Waals surface area contributed by atoms with Gasteiger partial charge in [-0.2, -0.15) is 0 Å². The number of aromatic nitrogens is 2. The van der Waals surface area contributed by atoms with Crippen molar-refractivity contribution >= 4 is 21.7 Å². The lowest BCUT2D eigenvalue weighted by atomic mass is 9.83. The molecule has 0 radical (unpaired) electrons. The second-order valence-electron chi connectivity index (χ2n) is 5.47. The van der Waals surface area contributed by atoms with Crippen LogP contribution in [0.4, 0.5) is 5.82 Å². The Balaban J connectivity index is 2.15. The van der Waals surface area contributed by atoms with E-state index < -0.39 is 0 Å². The first-order valence-electron chi connectivity index (χ1n) is 6.28. The Morgan fingerprint density at radius 2 is 1.94 bits per heavy atom. The van der Waals surface area contributed by atoms with Crippen LogP contribution < -0.4 is 4.90 Å². The molecule has 1 aliphatic heterocycles. The summed E-state index contributed by atoms with van der Waals surface area (Å²) in [5, 5.41) is 0. The first kappa shape index (κ1) is 12.8. The van der Waals surface area contributed by atoms with Crippen LogP contribution in [0.1, 0.15) is 39.4 Å². The molecule has 0 aromatic carbocycles. The molecule has 1 saturated heterocycles. The first-order chi connectivity index (χ1) is 8.00. The smallest absolute Gasteiger partial charge is 0.133 e. The minimum Gasteiger partial charge on any atom is -0.356 e. The summed E-state index contributed by atoms with van der Waals surface area (Å²) >= 11 is 3.47. The fourth-order valence-electron chi connectivity index (χ4n) is 2.11. The fourth-order valence-corrected chi connectivity index (χ4v) is 2.52. The molecular weight excluding hydrogens is 278 g/mol. The van der Waals surface area contributed by atoms with E-state index in [0.717, 1.165) is 35.8 Å². The third-order valence-corrected chi connectivity index (χ3v) is 3.89. The monoisotopic (exact) mass is 297 g/mol. The molecule has 1 aromatic heterocycles. The molecule has 1 aliphatic rings. The van der Waals surface area contributed by atoms with Gasteiger partial charge in [0, 0.05) is 25.6 Å². The highest BCUT2D eigenvalue weighted by atomic mass is 79.9. The second kappa shape index (κ2) is 4.92. The summed E-state index contributed by atoms with van der Waals surface area (Å²) in [4.78, 5) is 11.3. The number of nitrogens with zero attached hydrogens (tertiary/aromatic N) is 3. The van der Waals surface area contributed by atoms with Crippen molar-refractivity contribution < 1.29 is 0 Å². The highest BCUT2D eigenvalue weighted by Crippen LogP contribution is 2.31. The van der Waals surface area contributed by atoms with Gasteiger partial charge in [-0.05, 0) is 34.2 Å². The summed E-state index contributed by atoms with van der Waals surface area (Å²) in [5.41, 5.74) is 0.481. The van der Waals surface area contributed by atoms with Gasteiger partial charge in [0.05, 0.1) is 0 Å². The zero-order valence-electron chi connectivity index (χ0n) is 10.8. The van der Waals surface area contributed by atoms with Crippen LogP contribution in [0.2, 0.25) is 0 Å². The Labute approximate surface area is 112 Å². The van der Waals surface area contributed by atoms with Crippen molar-refractivity contribution in [2.24, 2.45) is 5.41 Å². The molecule has 4 heteroatoms. The molecule has 0 amide bonds. The van der Waals surface area contributed by atoms with E-state index in [-0.39, 0.29) is 0 Å². The summed E-state index contributed by atoms with van der Waals surface area (Å²) in [6.07, 6.45) is 3.35. The number of hydrogen-bond acceptors (Lipinski definition) is 3. The molecule has 0 aliphatic carbocycles. The van der Waals surface area contributed by atoms with Crippen LogP contribution in [0.5, 0.6) is 0 Å². The predicted molar refractivity (Wildman–Crippen MR) is 74.3 cm³/mol. The minimum atomic E-state index is 0.481. The van der Waals surface area contributed by atoms with Crippen LogP contribution in [0, 0.1) is 5.41 Å². The molecule has 0 bridgehead atoms. The number of aryl methyl sites for hydroxylation is 1. The lowest BCUT2D eigenvalue weighted by Crippen LogP contribution is -2.37. The van der Waals surface area contributed by atoms with Crippen LogP contribution in [0.3, 0.4) is 0 Å². The Morgan fingerprint density at radius 3 is 2.53 bits per heavy atom. The molecule has 0 atom stereocenters. The van der Waals surface area contributed by atoms with Gasteiger partial charge >= 0.3 is 0 Å². The lowest BCUT2D eigenvalue weighted by Gasteiger charge is -2.37. The van der Waals surface area contributed by atoms with E-state index in [0.29, 0.717) is 5.41 Å². The fraction of sp³-hybridized carbons (Fsp3) is 0.692. The molecule has 0 saturated carbocycles. The van der Waals surface area contributed by atoms with Crippen LogP contribution in [-0.4, -0.2) is 23.1 Å². The molecule has 0 unspecified atom stereocenters. The van der Waals surface area contributed by atoms with Crippen LogP contribution in [0.15, 0.2) is 10.7 Å². The van der Waals surface area contributed by atoms with Crippen LogP contribution >= 0.6 is 15.9 Å². The maximum absolute atomic E-state index is 4.61. The Kier molecular flexibility index (Phi) is 3.71. The Morgan fingerprint density at radius 1 is 1.29 bits per heavy atom. The van der Waals surface area contributed by atoms with E-state index in [2.05, 4.69) is 51.6 Å². The standard InChI is InChI=1S/C13H20BrN3/c1-4-11-15-10(14)9-12(16-11)17-7-5-13(2,3)6-8-17/h9H,4-8H2,1-3H3. The third-order valence-electron chi connectivity index (χ3n) is 3.48. The van der Waals surface area contributed by atoms with Crippen molar-refractivity contribution in [3.05, 3.63) is 16.5 Å². The van der Waals surface area contributed by atoms with E-state index in [1.807, 2.05) is 6.07 Å². The zero-order valence-corrected chi connectivity index (χ0v) is 12.4. The van der Waals surface area contributed by atoms with Gasteiger partial charge in [0.2, 0.25) is 0 Å². The molecule has 94 valence electrons. The summed E-state index contributed by atoms with van der Waals surface area (Å²) < 4.78 is 0.893. The van der Waals surface area contributed by atoms with Crippen molar-refractivity contribution in [3.63, 3.8) is 0 Å². The Bertz CT molecular complexity index is 394. The minimum absolute atomic E-state index is 0.481. The van der Waals surface area contributed by atoms with Gasteiger partial charge < -0.3 is 4.90 Å². The molecule has 2 heterocycles. The van der Waals surface area contributed by atoms with E-state index in [9.17, 15) is 0 Å². The van der Waals surface area contributed by atoms with Crippen molar-refractivity contribution in [2.45, 2.75) is 40.0 Å². The SMILES string of the molecule is CCc1nc(Br)cc(N2CCC(C)(C)CC2)n1. The molecule has 3 nitrogen and oxygen atoms in total. The van der Waals surface area contributed by atoms with Gasteiger partial charge in [0.1, 0.15) is 16.2 Å². The first-order valence-corrected chi connectivity index (χ1v) is 7.08. The number of piperidine rings is 1. The summed E-state index contributed by atoms with van der Waals surface area (Å²) in [5.74, 6) is 1.98. The zero-order chi connectivity index (χ0) is 12.5. The van der Waals surface area contributed by atoms with E-state index in [1.54, 1.807) is 0 Å². The average Bonchev–Trinajstić information content (AvgIpc) is 2.28. The van der Waals surface area contributed by atoms with Gasteiger partial charge in [0.15, 0.2) is 0 Å². The quantitative estimate of drug-likeness (QED) is 0.783. The maximum atomic E-state index is 4.61. The summed E-state index contributed by atoms with van der Waals surface area (Å²) in [6, 6.07) is 2.03. The topological polar surface area (TPSA) is 29.0 Å². The molecule has 1 fully saturated rings. The van der Waals surface area contributed by atoms with Crippen molar-refractivity contribution in [2.75, 3.05) is 18.0 Å². The number of halogens is 1. The maximum Gasteiger partial charge on any atom is 0.133 e. The van der Waals surface area contributed by atoms with Gasteiger partial charge in [-0.15, -0.1) is 0 Å². The largest absolute Gasteiger partial charge is 0.356 e. The van der Waals surface area contributed by atoms with Crippen molar-refractivity contribution in [1.82, 2.24) is 9.97 Å². The van der Waals surface area contributed by atoms with Crippen LogP contribution in [-0.2, 0) is 6.42 Å². The summed E-state index contributed by atoms with van der Waals surface area (Å²) in [6.45, 7) is 8.97. The van der Waals surface area contributed by atoms with Crippen molar-refractivity contribution in [1.29, 1.82) is 0 Å². The number of rotatable bonds is 2. The van der Waals surface area contributed by atoms with Crippen LogP contribution in [0.25, 0.3) is 0 Å². The highest BCUT2D eigenvalue weighted by molar-refractivity contribution is 9.10. The van der Waals surface area contributed by atoms with Gasteiger partial charge in [-0.3, -0.25) is 0 Å². The lowest BCUT2D eigenvalue weighted by molar-refractivity contribution is 0.279. The van der Waals surface area contributed by atoms with Gasteiger partial charge in [-0.1, -0.05) is 20.8 Å². The molecular formula is C13H20BrN3. The Hall–Kier alpha value is -0.640. The van der Waals surface area contributed by atoms with E-state index in [1.165, 1.54) is 12.8 Å². The van der Waals surface area contributed by atoms with E-state index in [4.69, 9.17) is 0 Å². The average molecular weight is 298 g/mol. The van der Waals surface area contributed by atoms with Gasteiger partial charge in [-0.25, -0.2) is 9.97 Å². The number of anilines is 1. The molecule has 2 rings (SSSR count). The van der Waals surface area contributed by atoms with E-state index >= 15 is 0 Å². The molecule has 0 spiro atoms. The molecule has 1 aromatic rings. The molecule has 17 heavy (non-hydrogen) atoms. The predicted octanol–water partition coefficient (Wildman–Crippen LogP) is 3.43. The normalized spacial score (nSPS) is 19.4. The summed E-state index contributed by atoms with van der Waals surface area (Å²) in [7, 11) is 0. The van der Waals surface area contributed by atoms with Gasteiger partial charge in [0.25, 0.3) is 0 Å². The molecule has 0 N–H and O–H groups in total. The second-order valence-corrected chi connectivity index (χ2v) is 6.28. The van der Waals surface area contributed by atoms with Crippen molar-refractivity contribution in [3.8, 4) is 0 Å². The highest BCUT2D eigenvalue weighted by Gasteiger charge is 2.26. The third kappa shape index (κ3) is 3.18.